The van der Waals surface area contributed by atoms with Crippen molar-refractivity contribution >= 4 is 17.3 Å². The Bertz CT molecular complexity index is 857. The summed E-state index contributed by atoms with van der Waals surface area (Å²) in [5, 5.41) is 6.76. The van der Waals surface area contributed by atoms with E-state index in [-0.39, 0.29) is 11.9 Å². The van der Waals surface area contributed by atoms with E-state index < -0.39 is 0 Å². The summed E-state index contributed by atoms with van der Waals surface area (Å²) in [6.07, 6.45) is 7.07. The van der Waals surface area contributed by atoms with Crippen LogP contribution in [0.4, 0.5) is 11.4 Å². The molecule has 0 fully saturated rings. The van der Waals surface area contributed by atoms with Crippen LogP contribution in [0.25, 0.3) is 0 Å². The standard InChI is InChI=1S/C23H26N2O2/c1-3-5-22(26)24-16-10-13-21-20(14-16)18-6-4-7-19(18)23(25-21)15-8-11-17(27-2)12-9-15/h4,6,8-14,18-19,23,25H,3,5,7H2,1-2H3,(H,24,26). The highest BCUT2D eigenvalue weighted by molar-refractivity contribution is 5.91. The fraction of sp³-hybridized carbons (Fsp3) is 0.348. The summed E-state index contributed by atoms with van der Waals surface area (Å²) in [5.41, 5.74) is 4.58. The van der Waals surface area contributed by atoms with Crippen molar-refractivity contribution in [2.75, 3.05) is 17.7 Å². The molecular formula is C23H26N2O2. The maximum atomic E-state index is 11.9. The van der Waals surface area contributed by atoms with Crippen LogP contribution in [0.15, 0.2) is 54.6 Å². The number of carbonyl (C=O) groups is 1. The number of hydrogen-bond acceptors (Lipinski definition) is 3. The van der Waals surface area contributed by atoms with E-state index in [2.05, 4.69) is 47.1 Å². The lowest BCUT2D eigenvalue weighted by Crippen LogP contribution is -2.29. The highest BCUT2D eigenvalue weighted by Gasteiger charge is 2.37. The number of nitrogens with one attached hydrogen (secondary N) is 2. The summed E-state index contributed by atoms with van der Waals surface area (Å²) in [6, 6.07) is 14.8. The predicted octanol–water partition coefficient (Wildman–Crippen LogP) is 5.26. The van der Waals surface area contributed by atoms with E-state index in [0.29, 0.717) is 18.3 Å². The Morgan fingerprint density at radius 2 is 2.04 bits per heavy atom. The average Bonchev–Trinajstić information content (AvgIpc) is 3.18. The van der Waals surface area contributed by atoms with Gasteiger partial charge < -0.3 is 15.4 Å². The molecule has 0 saturated heterocycles. The van der Waals surface area contributed by atoms with E-state index >= 15 is 0 Å². The van der Waals surface area contributed by atoms with Gasteiger partial charge in [-0.2, -0.15) is 0 Å². The molecule has 4 nitrogen and oxygen atoms in total. The third-order valence-electron chi connectivity index (χ3n) is 5.60. The Morgan fingerprint density at radius 1 is 1.22 bits per heavy atom. The summed E-state index contributed by atoms with van der Waals surface area (Å²) in [4.78, 5) is 11.9. The van der Waals surface area contributed by atoms with Gasteiger partial charge in [-0.1, -0.05) is 31.2 Å². The van der Waals surface area contributed by atoms with E-state index in [9.17, 15) is 4.79 Å². The zero-order chi connectivity index (χ0) is 18.8. The minimum absolute atomic E-state index is 0.0795. The number of hydrogen-bond donors (Lipinski definition) is 2. The van der Waals surface area contributed by atoms with Gasteiger partial charge in [-0.15, -0.1) is 0 Å². The fourth-order valence-corrected chi connectivity index (χ4v) is 4.26. The van der Waals surface area contributed by atoms with Gasteiger partial charge in [-0.25, -0.2) is 0 Å². The first kappa shape index (κ1) is 17.7. The van der Waals surface area contributed by atoms with Crippen molar-refractivity contribution < 1.29 is 9.53 Å². The Kier molecular flexibility index (Phi) is 4.88. The topological polar surface area (TPSA) is 50.4 Å². The molecule has 0 aromatic heterocycles. The number of fused-ring (bicyclic) bond motifs is 3. The Morgan fingerprint density at radius 3 is 2.78 bits per heavy atom. The molecule has 2 aliphatic rings. The molecule has 4 heteroatoms. The summed E-state index contributed by atoms with van der Waals surface area (Å²) in [6.45, 7) is 2.02. The monoisotopic (exact) mass is 362 g/mol. The van der Waals surface area contributed by atoms with Crippen molar-refractivity contribution in [2.45, 2.75) is 38.1 Å². The van der Waals surface area contributed by atoms with Crippen molar-refractivity contribution in [1.29, 1.82) is 0 Å². The Hall–Kier alpha value is -2.75. The first-order valence-corrected chi connectivity index (χ1v) is 9.70. The van der Waals surface area contributed by atoms with E-state index in [1.165, 1.54) is 11.1 Å². The van der Waals surface area contributed by atoms with Gasteiger partial charge in [0.05, 0.1) is 13.2 Å². The molecule has 27 heavy (non-hydrogen) atoms. The first-order chi connectivity index (χ1) is 13.2. The molecule has 3 unspecified atom stereocenters. The van der Waals surface area contributed by atoms with E-state index in [1.807, 2.05) is 25.1 Å². The van der Waals surface area contributed by atoms with Crippen LogP contribution in [0.3, 0.4) is 0 Å². The second kappa shape index (κ2) is 7.47. The summed E-state index contributed by atoms with van der Waals surface area (Å²) >= 11 is 0. The van der Waals surface area contributed by atoms with E-state index in [1.54, 1.807) is 7.11 Å². The fourth-order valence-electron chi connectivity index (χ4n) is 4.26. The molecule has 0 spiro atoms. The Labute approximate surface area is 160 Å². The number of anilines is 2. The molecule has 0 radical (unpaired) electrons. The number of carbonyl (C=O) groups excluding carboxylic acids is 1. The molecular weight excluding hydrogens is 336 g/mol. The van der Waals surface area contributed by atoms with Crippen LogP contribution in [-0.2, 0) is 4.79 Å². The van der Waals surface area contributed by atoms with Crippen LogP contribution in [0.5, 0.6) is 5.75 Å². The highest BCUT2D eigenvalue weighted by atomic mass is 16.5. The van der Waals surface area contributed by atoms with E-state index in [4.69, 9.17) is 4.74 Å². The van der Waals surface area contributed by atoms with Crippen molar-refractivity contribution in [2.24, 2.45) is 5.92 Å². The van der Waals surface area contributed by atoms with Gasteiger partial charge in [0, 0.05) is 23.7 Å². The predicted molar refractivity (Wildman–Crippen MR) is 109 cm³/mol. The number of amides is 1. The van der Waals surface area contributed by atoms with Crippen LogP contribution in [-0.4, -0.2) is 13.0 Å². The van der Waals surface area contributed by atoms with Gasteiger partial charge >= 0.3 is 0 Å². The molecule has 1 aliphatic carbocycles. The molecule has 140 valence electrons. The Balaban J connectivity index is 1.62. The van der Waals surface area contributed by atoms with Crippen LogP contribution in [0.2, 0.25) is 0 Å². The quantitative estimate of drug-likeness (QED) is 0.713. The third-order valence-corrected chi connectivity index (χ3v) is 5.60. The maximum Gasteiger partial charge on any atom is 0.224 e. The zero-order valence-electron chi connectivity index (χ0n) is 15.9. The van der Waals surface area contributed by atoms with Gasteiger partial charge in [0.15, 0.2) is 0 Å². The second-order valence-corrected chi connectivity index (χ2v) is 7.35. The smallest absolute Gasteiger partial charge is 0.224 e. The summed E-state index contributed by atoms with van der Waals surface area (Å²) in [5.74, 6) is 1.81. The summed E-state index contributed by atoms with van der Waals surface area (Å²) in [7, 11) is 1.69. The molecule has 0 saturated carbocycles. The van der Waals surface area contributed by atoms with E-state index in [0.717, 1.165) is 30.0 Å². The minimum atomic E-state index is 0.0795. The zero-order valence-corrected chi connectivity index (χ0v) is 15.9. The van der Waals surface area contributed by atoms with Gasteiger partial charge in [-0.3, -0.25) is 4.79 Å². The molecule has 2 aromatic carbocycles. The largest absolute Gasteiger partial charge is 0.497 e. The SMILES string of the molecule is CCCC(=O)Nc1ccc2c(c1)C1C=CCC1C(c1ccc(OC)cc1)N2. The van der Waals surface area contributed by atoms with Crippen molar-refractivity contribution in [3.8, 4) is 5.75 Å². The lowest BCUT2D eigenvalue weighted by atomic mass is 9.77. The third kappa shape index (κ3) is 3.44. The van der Waals surface area contributed by atoms with Gasteiger partial charge in [0.1, 0.15) is 5.75 Å². The van der Waals surface area contributed by atoms with Crippen molar-refractivity contribution in [3.63, 3.8) is 0 Å². The molecule has 2 N–H and O–H groups in total. The average molecular weight is 362 g/mol. The van der Waals surface area contributed by atoms with Gasteiger partial charge in [-0.05, 0) is 60.2 Å². The summed E-state index contributed by atoms with van der Waals surface area (Å²) < 4.78 is 5.29. The molecule has 2 aromatic rings. The first-order valence-electron chi connectivity index (χ1n) is 9.70. The second-order valence-electron chi connectivity index (χ2n) is 7.35. The van der Waals surface area contributed by atoms with Gasteiger partial charge in [0.25, 0.3) is 0 Å². The number of methoxy groups -OCH3 is 1. The molecule has 4 rings (SSSR count). The number of allylic oxidation sites excluding steroid dienone is 2. The van der Waals surface area contributed by atoms with Crippen LogP contribution >= 0.6 is 0 Å². The van der Waals surface area contributed by atoms with Crippen LogP contribution < -0.4 is 15.4 Å². The minimum Gasteiger partial charge on any atom is -0.497 e. The molecule has 3 atom stereocenters. The number of benzene rings is 2. The molecule has 1 heterocycles. The number of ether oxygens (including phenoxy) is 1. The highest BCUT2D eigenvalue weighted by Crippen LogP contribution is 2.50. The number of rotatable bonds is 5. The normalized spacial score (nSPS) is 22.5. The lowest BCUT2D eigenvalue weighted by Gasteiger charge is -2.37. The maximum absolute atomic E-state index is 11.9. The molecule has 1 amide bonds. The van der Waals surface area contributed by atoms with Crippen LogP contribution in [0.1, 0.15) is 49.3 Å². The van der Waals surface area contributed by atoms with Crippen LogP contribution in [0, 0.1) is 5.92 Å². The van der Waals surface area contributed by atoms with Crippen molar-refractivity contribution in [1.82, 2.24) is 0 Å². The van der Waals surface area contributed by atoms with Crippen molar-refractivity contribution in [3.05, 3.63) is 65.7 Å². The lowest BCUT2D eigenvalue weighted by molar-refractivity contribution is -0.116. The molecule has 1 aliphatic heterocycles. The molecule has 0 bridgehead atoms. The van der Waals surface area contributed by atoms with Gasteiger partial charge in [0.2, 0.25) is 5.91 Å².